The molecule has 1 rings (SSSR count). The number of hydrogen-bond donors (Lipinski definition) is 1. The molecule has 2 heteroatoms. The molecule has 0 saturated heterocycles. The monoisotopic (exact) mass is 225 g/mol. The van der Waals surface area contributed by atoms with Gasteiger partial charge in [-0.3, -0.25) is 0 Å². The first-order valence-electron chi connectivity index (χ1n) is 5.86. The Morgan fingerprint density at radius 1 is 1.27 bits per heavy atom. The van der Waals surface area contributed by atoms with Crippen LogP contribution < -0.4 is 5.32 Å². The number of rotatable bonds is 6. The smallest absolute Gasteiger partial charge is 0.00486 e. The maximum absolute atomic E-state index is 3.56. The second-order valence-corrected chi connectivity index (χ2v) is 6.13. The van der Waals surface area contributed by atoms with E-state index in [1.165, 1.54) is 22.6 Å². The maximum atomic E-state index is 3.56. The molecule has 1 N–H and O–H groups in total. The van der Waals surface area contributed by atoms with Crippen LogP contribution in [0.5, 0.6) is 0 Å². The van der Waals surface area contributed by atoms with Crippen LogP contribution >= 0.6 is 11.3 Å². The molecule has 0 radical (unpaired) electrons. The zero-order valence-corrected chi connectivity index (χ0v) is 11.2. The van der Waals surface area contributed by atoms with Crippen molar-refractivity contribution >= 4 is 11.3 Å². The van der Waals surface area contributed by atoms with Crippen LogP contribution in [0.4, 0.5) is 0 Å². The number of aryl methyl sites for hydroxylation is 2. The maximum Gasteiger partial charge on any atom is 0.00486 e. The molecule has 0 aliphatic heterocycles. The predicted molar refractivity (Wildman–Crippen MR) is 69.7 cm³/mol. The van der Waals surface area contributed by atoms with Gasteiger partial charge in [-0.15, -0.1) is 11.3 Å². The Hall–Kier alpha value is -0.340. The molecule has 1 nitrogen and oxygen atoms in total. The molecular weight excluding hydrogens is 202 g/mol. The average Bonchev–Trinajstić information content (AvgIpc) is 2.58. The van der Waals surface area contributed by atoms with E-state index in [4.69, 9.17) is 0 Å². The third-order valence-electron chi connectivity index (χ3n) is 2.49. The first-order chi connectivity index (χ1) is 7.08. The topological polar surface area (TPSA) is 12.0 Å². The summed E-state index contributed by atoms with van der Waals surface area (Å²) in [5.74, 6) is 0.747. The second kappa shape index (κ2) is 6.29. The van der Waals surface area contributed by atoms with Crippen LogP contribution in [-0.4, -0.2) is 12.6 Å². The molecular formula is C13H23NS. The molecule has 0 spiro atoms. The van der Waals surface area contributed by atoms with Crippen molar-refractivity contribution in [3.63, 3.8) is 0 Å². The van der Waals surface area contributed by atoms with Gasteiger partial charge in [0.25, 0.3) is 0 Å². The summed E-state index contributed by atoms with van der Waals surface area (Å²) in [7, 11) is 0. The number of hydrogen-bond acceptors (Lipinski definition) is 2. The lowest BCUT2D eigenvalue weighted by molar-refractivity contribution is 0.465. The standard InChI is InChI=1S/C13H23NS/c1-10(2)9-14-11(3)5-7-13-8-6-12(4)15-13/h6,8,10-11,14H,5,7,9H2,1-4H3. The van der Waals surface area contributed by atoms with Crippen LogP contribution in [0, 0.1) is 12.8 Å². The summed E-state index contributed by atoms with van der Waals surface area (Å²) >= 11 is 1.93. The Bertz CT molecular complexity index is 278. The average molecular weight is 225 g/mol. The van der Waals surface area contributed by atoms with Crippen LogP contribution in [-0.2, 0) is 6.42 Å². The van der Waals surface area contributed by atoms with E-state index < -0.39 is 0 Å². The van der Waals surface area contributed by atoms with Crippen LogP contribution in [0.1, 0.15) is 36.9 Å². The summed E-state index contributed by atoms with van der Waals surface area (Å²) in [6, 6.07) is 5.11. The van der Waals surface area contributed by atoms with Crippen molar-refractivity contribution in [1.82, 2.24) is 5.32 Å². The van der Waals surface area contributed by atoms with Crippen LogP contribution in [0.2, 0.25) is 0 Å². The van der Waals surface area contributed by atoms with E-state index in [2.05, 4.69) is 45.1 Å². The highest BCUT2D eigenvalue weighted by Gasteiger charge is 2.04. The SMILES string of the molecule is Cc1ccc(CCC(C)NCC(C)C)s1. The molecule has 1 aromatic heterocycles. The first-order valence-corrected chi connectivity index (χ1v) is 6.68. The summed E-state index contributed by atoms with van der Waals surface area (Å²) in [5, 5.41) is 3.56. The second-order valence-electron chi connectivity index (χ2n) is 4.75. The van der Waals surface area contributed by atoms with Gasteiger partial charge in [0.2, 0.25) is 0 Å². The van der Waals surface area contributed by atoms with Gasteiger partial charge < -0.3 is 5.32 Å². The molecule has 0 aliphatic carbocycles. The zero-order valence-electron chi connectivity index (χ0n) is 10.3. The van der Waals surface area contributed by atoms with E-state index in [1.807, 2.05) is 11.3 Å². The van der Waals surface area contributed by atoms with Gasteiger partial charge in [-0.05, 0) is 51.3 Å². The van der Waals surface area contributed by atoms with E-state index in [0.717, 1.165) is 12.5 Å². The third kappa shape index (κ3) is 5.33. The van der Waals surface area contributed by atoms with Crippen molar-refractivity contribution < 1.29 is 0 Å². The summed E-state index contributed by atoms with van der Waals surface area (Å²) in [6.45, 7) is 10.1. The minimum absolute atomic E-state index is 0.634. The lowest BCUT2D eigenvalue weighted by Gasteiger charge is -2.14. The van der Waals surface area contributed by atoms with Gasteiger partial charge in [-0.1, -0.05) is 13.8 Å². The summed E-state index contributed by atoms with van der Waals surface area (Å²) in [5.41, 5.74) is 0. The lowest BCUT2D eigenvalue weighted by atomic mass is 10.1. The molecule has 0 aliphatic rings. The van der Waals surface area contributed by atoms with Crippen molar-refractivity contribution in [3.05, 3.63) is 21.9 Å². The fourth-order valence-electron chi connectivity index (χ4n) is 1.52. The molecule has 86 valence electrons. The van der Waals surface area contributed by atoms with E-state index in [0.29, 0.717) is 6.04 Å². The van der Waals surface area contributed by atoms with Gasteiger partial charge in [0.15, 0.2) is 0 Å². The lowest BCUT2D eigenvalue weighted by Crippen LogP contribution is -2.29. The molecule has 15 heavy (non-hydrogen) atoms. The van der Waals surface area contributed by atoms with Crippen molar-refractivity contribution in [3.8, 4) is 0 Å². The van der Waals surface area contributed by atoms with Crippen LogP contribution in [0.25, 0.3) is 0 Å². The van der Waals surface area contributed by atoms with E-state index >= 15 is 0 Å². The fourth-order valence-corrected chi connectivity index (χ4v) is 2.42. The minimum Gasteiger partial charge on any atom is -0.314 e. The molecule has 1 unspecified atom stereocenters. The van der Waals surface area contributed by atoms with Crippen molar-refractivity contribution in [1.29, 1.82) is 0 Å². The van der Waals surface area contributed by atoms with Gasteiger partial charge in [0, 0.05) is 15.8 Å². The van der Waals surface area contributed by atoms with Crippen molar-refractivity contribution in [2.45, 2.75) is 46.6 Å². The van der Waals surface area contributed by atoms with Crippen molar-refractivity contribution in [2.24, 2.45) is 5.92 Å². The quantitative estimate of drug-likeness (QED) is 0.779. The summed E-state index contributed by atoms with van der Waals surface area (Å²) in [4.78, 5) is 2.94. The normalized spacial score (nSPS) is 13.4. The molecule has 0 bridgehead atoms. The molecule has 0 fully saturated rings. The van der Waals surface area contributed by atoms with Gasteiger partial charge in [-0.25, -0.2) is 0 Å². The minimum atomic E-state index is 0.634. The number of thiophene rings is 1. The van der Waals surface area contributed by atoms with Crippen LogP contribution in [0.3, 0.4) is 0 Å². The zero-order chi connectivity index (χ0) is 11.3. The molecule has 1 atom stereocenters. The Labute approximate surface area is 97.9 Å². The molecule has 0 amide bonds. The van der Waals surface area contributed by atoms with Gasteiger partial charge >= 0.3 is 0 Å². The Morgan fingerprint density at radius 3 is 2.53 bits per heavy atom. The van der Waals surface area contributed by atoms with Gasteiger partial charge in [-0.2, -0.15) is 0 Å². The highest BCUT2D eigenvalue weighted by atomic mass is 32.1. The Balaban J connectivity index is 2.19. The molecule has 1 aromatic rings. The number of nitrogens with one attached hydrogen (secondary N) is 1. The van der Waals surface area contributed by atoms with Crippen molar-refractivity contribution in [2.75, 3.05) is 6.54 Å². The van der Waals surface area contributed by atoms with Gasteiger partial charge in [0.05, 0.1) is 0 Å². The predicted octanol–water partition coefficient (Wildman–Crippen LogP) is 3.62. The fraction of sp³-hybridized carbons (Fsp3) is 0.692. The van der Waals surface area contributed by atoms with E-state index in [1.54, 1.807) is 0 Å². The molecule has 0 aromatic carbocycles. The largest absolute Gasteiger partial charge is 0.314 e. The van der Waals surface area contributed by atoms with Crippen LogP contribution in [0.15, 0.2) is 12.1 Å². The molecule has 0 saturated carbocycles. The first kappa shape index (κ1) is 12.7. The highest BCUT2D eigenvalue weighted by molar-refractivity contribution is 7.11. The summed E-state index contributed by atoms with van der Waals surface area (Å²) in [6.07, 6.45) is 2.46. The van der Waals surface area contributed by atoms with E-state index in [9.17, 15) is 0 Å². The molecule has 1 heterocycles. The van der Waals surface area contributed by atoms with Gasteiger partial charge in [0.1, 0.15) is 0 Å². The Morgan fingerprint density at radius 2 is 2.00 bits per heavy atom. The summed E-state index contributed by atoms with van der Waals surface area (Å²) < 4.78 is 0. The van der Waals surface area contributed by atoms with E-state index in [-0.39, 0.29) is 0 Å². The Kier molecular flexibility index (Phi) is 5.34. The highest BCUT2D eigenvalue weighted by Crippen LogP contribution is 2.17. The third-order valence-corrected chi connectivity index (χ3v) is 3.55.